The van der Waals surface area contributed by atoms with Gasteiger partial charge in [-0.25, -0.2) is 0 Å². The van der Waals surface area contributed by atoms with Crippen LogP contribution in [-0.4, -0.2) is 0 Å². The molecule has 126 valence electrons. The molecule has 0 amide bonds. The molecule has 0 spiro atoms. The molecule has 23 heavy (non-hydrogen) atoms. The van der Waals surface area contributed by atoms with E-state index < -0.39 is 0 Å². The summed E-state index contributed by atoms with van der Waals surface area (Å²) >= 11 is 0. The minimum Gasteiger partial charge on any atom is -0.0992 e. The first kappa shape index (κ1) is 18.0. The highest BCUT2D eigenvalue weighted by Gasteiger charge is 2.22. The molecule has 0 saturated heterocycles. The first-order valence-electron chi connectivity index (χ1n) is 9.52. The molecule has 0 radical (unpaired) electrons. The number of allylic oxidation sites excluding steroid dienone is 2. The molecule has 0 heterocycles. The van der Waals surface area contributed by atoms with Gasteiger partial charge < -0.3 is 0 Å². The van der Waals surface area contributed by atoms with Gasteiger partial charge in [0, 0.05) is 0 Å². The largest absolute Gasteiger partial charge is 0.0992 e. The van der Waals surface area contributed by atoms with Gasteiger partial charge in [-0.05, 0) is 62.0 Å². The van der Waals surface area contributed by atoms with Crippen molar-refractivity contribution >= 4 is 5.57 Å². The summed E-state index contributed by atoms with van der Waals surface area (Å²) in [6.45, 7) is 12.8. The van der Waals surface area contributed by atoms with E-state index in [1.165, 1.54) is 68.1 Å². The number of unbranched alkanes of at least 4 members (excludes halogenated alkanes) is 2. The van der Waals surface area contributed by atoms with Gasteiger partial charge in [0.15, 0.2) is 0 Å². The predicted octanol–water partition coefficient (Wildman–Crippen LogP) is 7.21. The summed E-state index contributed by atoms with van der Waals surface area (Å²) in [6, 6.07) is 8.86. The van der Waals surface area contributed by atoms with E-state index in [-0.39, 0.29) is 0 Å². The second-order valence-corrected chi connectivity index (χ2v) is 7.53. The van der Waals surface area contributed by atoms with Crippen molar-refractivity contribution in [2.45, 2.75) is 71.6 Å². The Kier molecular flexibility index (Phi) is 7.15. The fourth-order valence-electron chi connectivity index (χ4n) is 3.86. The van der Waals surface area contributed by atoms with Crippen molar-refractivity contribution in [2.24, 2.45) is 11.8 Å². The van der Waals surface area contributed by atoms with E-state index >= 15 is 0 Å². The van der Waals surface area contributed by atoms with Gasteiger partial charge in [0.1, 0.15) is 0 Å². The quantitative estimate of drug-likeness (QED) is 0.351. The van der Waals surface area contributed by atoms with Crippen LogP contribution >= 0.6 is 0 Å². The highest BCUT2D eigenvalue weighted by atomic mass is 14.3. The van der Waals surface area contributed by atoms with Crippen molar-refractivity contribution in [3.8, 4) is 0 Å². The smallest absolute Gasteiger partial charge is 0.00670 e. The van der Waals surface area contributed by atoms with Gasteiger partial charge in [-0.1, -0.05) is 81.2 Å². The molecule has 0 N–H and O–H groups in total. The second kappa shape index (κ2) is 9.11. The molecule has 0 aliphatic heterocycles. The number of hydrogen-bond donors (Lipinski definition) is 0. The Bertz CT molecular complexity index is 497. The van der Waals surface area contributed by atoms with Crippen LogP contribution in [0.5, 0.6) is 0 Å². The lowest BCUT2D eigenvalue weighted by Gasteiger charge is -2.30. The lowest BCUT2D eigenvalue weighted by atomic mass is 9.76. The molecule has 0 unspecified atom stereocenters. The molecular formula is C23H34. The number of hydrogen-bond acceptors (Lipinski definition) is 0. The summed E-state index contributed by atoms with van der Waals surface area (Å²) in [5, 5.41) is 0. The van der Waals surface area contributed by atoms with Crippen LogP contribution < -0.4 is 0 Å². The maximum Gasteiger partial charge on any atom is -0.00670 e. The maximum absolute atomic E-state index is 4.41. The van der Waals surface area contributed by atoms with Crippen LogP contribution in [0.4, 0.5) is 0 Å². The van der Waals surface area contributed by atoms with Gasteiger partial charge in [0.2, 0.25) is 0 Å². The molecule has 0 nitrogen and oxygen atoms in total. The molecule has 0 atom stereocenters. The summed E-state index contributed by atoms with van der Waals surface area (Å²) in [5.41, 5.74) is 5.22. The normalized spacial score (nSPS) is 21.1. The third-order valence-electron chi connectivity index (χ3n) is 5.52. The van der Waals surface area contributed by atoms with E-state index in [0.29, 0.717) is 0 Å². The molecular weight excluding hydrogens is 276 g/mol. The molecule has 1 aliphatic carbocycles. The predicted molar refractivity (Wildman–Crippen MR) is 104 cm³/mol. The number of rotatable bonds is 8. The summed E-state index contributed by atoms with van der Waals surface area (Å²) in [7, 11) is 0. The zero-order chi connectivity index (χ0) is 16.7. The van der Waals surface area contributed by atoms with Gasteiger partial charge in [-0.3, -0.25) is 0 Å². The van der Waals surface area contributed by atoms with Crippen molar-refractivity contribution in [1.29, 1.82) is 0 Å². The topological polar surface area (TPSA) is 0 Å². The Labute approximate surface area is 143 Å². The molecule has 0 bridgehead atoms. The Morgan fingerprint density at radius 1 is 1.00 bits per heavy atom. The monoisotopic (exact) mass is 310 g/mol. The van der Waals surface area contributed by atoms with E-state index in [4.69, 9.17) is 0 Å². The third-order valence-corrected chi connectivity index (χ3v) is 5.52. The molecule has 1 aromatic carbocycles. The molecule has 2 rings (SSSR count). The standard InChI is InChI=1S/C23H34/c1-5-6-7-8-20-9-15-23(16-10-20)19(4)17-21-11-13-22(14-12-21)18(2)3/h11-14,20,23H,2,4-10,15-17H2,1,3H3. The highest BCUT2D eigenvalue weighted by Crippen LogP contribution is 2.36. The molecule has 1 aromatic rings. The van der Waals surface area contributed by atoms with E-state index in [0.717, 1.165) is 23.8 Å². The fourth-order valence-corrected chi connectivity index (χ4v) is 3.86. The maximum atomic E-state index is 4.41. The van der Waals surface area contributed by atoms with Crippen LogP contribution in [0.15, 0.2) is 43.0 Å². The molecule has 1 aliphatic rings. The van der Waals surface area contributed by atoms with Crippen LogP contribution in [0, 0.1) is 11.8 Å². The molecule has 1 fully saturated rings. The van der Waals surface area contributed by atoms with Crippen LogP contribution in [0.1, 0.15) is 76.3 Å². The van der Waals surface area contributed by atoms with Crippen LogP contribution in [0.3, 0.4) is 0 Å². The Morgan fingerprint density at radius 3 is 2.22 bits per heavy atom. The van der Waals surface area contributed by atoms with Gasteiger partial charge in [-0.2, -0.15) is 0 Å². The minimum absolute atomic E-state index is 0.748. The van der Waals surface area contributed by atoms with E-state index in [1.807, 2.05) is 0 Å². The van der Waals surface area contributed by atoms with E-state index in [1.54, 1.807) is 0 Å². The highest BCUT2D eigenvalue weighted by molar-refractivity contribution is 5.61. The van der Waals surface area contributed by atoms with E-state index in [2.05, 4.69) is 51.3 Å². The number of benzene rings is 1. The Hall–Kier alpha value is -1.30. The summed E-state index contributed by atoms with van der Waals surface area (Å²) in [6.07, 6.45) is 12.2. The van der Waals surface area contributed by atoms with Gasteiger partial charge >= 0.3 is 0 Å². The molecule has 1 saturated carbocycles. The van der Waals surface area contributed by atoms with Crippen LogP contribution in [-0.2, 0) is 6.42 Å². The van der Waals surface area contributed by atoms with Crippen LogP contribution in [0.25, 0.3) is 5.57 Å². The van der Waals surface area contributed by atoms with Gasteiger partial charge in [-0.15, -0.1) is 0 Å². The van der Waals surface area contributed by atoms with Crippen molar-refractivity contribution in [2.75, 3.05) is 0 Å². The third kappa shape index (κ3) is 5.68. The first-order valence-corrected chi connectivity index (χ1v) is 9.52. The Balaban J connectivity index is 1.77. The first-order chi connectivity index (χ1) is 11.1. The van der Waals surface area contributed by atoms with Gasteiger partial charge in [0.25, 0.3) is 0 Å². The van der Waals surface area contributed by atoms with Crippen LogP contribution in [0.2, 0.25) is 0 Å². The zero-order valence-electron chi connectivity index (χ0n) is 15.2. The fraction of sp³-hybridized carbons (Fsp3) is 0.565. The van der Waals surface area contributed by atoms with E-state index in [9.17, 15) is 0 Å². The lowest BCUT2D eigenvalue weighted by molar-refractivity contribution is 0.280. The van der Waals surface area contributed by atoms with Crippen molar-refractivity contribution in [3.63, 3.8) is 0 Å². The Morgan fingerprint density at radius 2 is 1.65 bits per heavy atom. The molecule has 0 aromatic heterocycles. The second-order valence-electron chi connectivity index (χ2n) is 7.53. The van der Waals surface area contributed by atoms with Crippen molar-refractivity contribution < 1.29 is 0 Å². The SMILES string of the molecule is C=C(C)c1ccc(CC(=C)C2CCC(CCCCC)CC2)cc1. The zero-order valence-corrected chi connectivity index (χ0v) is 15.2. The van der Waals surface area contributed by atoms with Gasteiger partial charge in [0.05, 0.1) is 0 Å². The van der Waals surface area contributed by atoms with Crippen molar-refractivity contribution in [1.82, 2.24) is 0 Å². The summed E-state index contributed by atoms with van der Waals surface area (Å²) in [5.74, 6) is 1.73. The average Bonchev–Trinajstić information content (AvgIpc) is 2.56. The lowest BCUT2D eigenvalue weighted by Crippen LogP contribution is -2.17. The van der Waals surface area contributed by atoms with Crippen molar-refractivity contribution in [3.05, 3.63) is 54.1 Å². The molecule has 0 heteroatoms. The average molecular weight is 311 g/mol. The minimum atomic E-state index is 0.748. The summed E-state index contributed by atoms with van der Waals surface area (Å²) in [4.78, 5) is 0. The summed E-state index contributed by atoms with van der Waals surface area (Å²) < 4.78 is 0.